The van der Waals surface area contributed by atoms with E-state index in [0.717, 1.165) is 31.7 Å². The molecule has 0 unspecified atom stereocenters. The minimum atomic E-state index is -0.258. The monoisotopic (exact) mass is 341 g/mol. The van der Waals surface area contributed by atoms with Crippen molar-refractivity contribution < 1.29 is 4.79 Å². The van der Waals surface area contributed by atoms with Crippen molar-refractivity contribution >= 4 is 11.7 Å². The predicted molar refractivity (Wildman–Crippen MR) is 95.5 cm³/mol. The zero-order valence-corrected chi connectivity index (χ0v) is 14.6. The van der Waals surface area contributed by atoms with Gasteiger partial charge in [0.05, 0.1) is 5.69 Å². The number of anilines is 1. The molecular formula is C18H23N5O2. The van der Waals surface area contributed by atoms with Crippen LogP contribution in [0.1, 0.15) is 18.5 Å². The Labute approximate surface area is 146 Å². The first kappa shape index (κ1) is 17.1. The van der Waals surface area contributed by atoms with Crippen molar-refractivity contribution in [2.45, 2.75) is 32.4 Å². The van der Waals surface area contributed by atoms with Crippen molar-refractivity contribution in [3.63, 3.8) is 0 Å². The third-order valence-corrected chi connectivity index (χ3v) is 4.60. The number of rotatable bonds is 4. The Kier molecular flexibility index (Phi) is 5.11. The maximum Gasteiger partial charge on any atom is 0.267 e. The predicted octanol–water partition coefficient (Wildman–Crippen LogP) is 1.07. The summed E-state index contributed by atoms with van der Waals surface area (Å²) in [6.07, 6.45) is 3.73. The van der Waals surface area contributed by atoms with E-state index in [2.05, 4.69) is 15.0 Å². The highest BCUT2D eigenvalue weighted by molar-refractivity contribution is 5.76. The van der Waals surface area contributed by atoms with Gasteiger partial charge < -0.3 is 9.80 Å². The Morgan fingerprint density at radius 1 is 1.32 bits per heavy atom. The van der Waals surface area contributed by atoms with Gasteiger partial charge in [0, 0.05) is 38.4 Å². The molecule has 132 valence electrons. The van der Waals surface area contributed by atoms with Gasteiger partial charge in [-0.15, -0.1) is 0 Å². The number of amides is 1. The molecule has 1 saturated heterocycles. The lowest BCUT2D eigenvalue weighted by molar-refractivity contribution is -0.133. The molecule has 1 aliphatic rings. The van der Waals surface area contributed by atoms with Gasteiger partial charge in [-0.05, 0) is 38.0 Å². The standard InChI is InChI=1S/C18H23N5O2/c1-14-8-9-17(24)23(20-14)13-18(25)21(2)15-6-5-11-22(12-15)16-7-3-4-10-19-16/h3-4,7-10,15H,5-6,11-13H2,1-2H3/t15-/m1/s1. The van der Waals surface area contributed by atoms with E-state index in [9.17, 15) is 9.59 Å². The molecule has 1 amide bonds. The van der Waals surface area contributed by atoms with Crippen LogP contribution in [0.5, 0.6) is 0 Å². The van der Waals surface area contributed by atoms with Crippen LogP contribution in [0.25, 0.3) is 0 Å². The summed E-state index contributed by atoms with van der Waals surface area (Å²) >= 11 is 0. The maximum atomic E-state index is 12.6. The number of hydrogen-bond acceptors (Lipinski definition) is 5. The Bertz CT molecular complexity index is 790. The van der Waals surface area contributed by atoms with Crippen LogP contribution in [0, 0.1) is 6.92 Å². The lowest BCUT2D eigenvalue weighted by Crippen LogP contribution is -2.50. The molecule has 1 atom stereocenters. The van der Waals surface area contributed by atoms with Crippen molar-refractivity contribution in [3.05, 3.63) is 52.6 Å². The molecule has 25 heavy (non-hydrogen) atoms. The molecule has 0 aromatic carbocycles. The lowest BCUT2D eigenvalue weighted by atomic mass is 10.0. The van der Waals surface area contributed by atoms with E-state index >= 15 is 0 Å². The minimum Gasteiger partial charge on any atom is -0.355 e. The molecule has 1 fully saturated rings. The molecule has 0 N–H and O–H groups in total. The third kappa shape index (κ3) is 4.04. The fourth-order valence-electron chi connectivity index (χ4n) is 3.13. The molecule has 0 bridgehead atoms. The number of piperidine rings is 1. The normalized spacial score (nSPS) is 17.4. The smallest absolute Gasteiger partial charge is 0.267 e. The molecule has 0 spiro atoms. The Balaban J connectivity index is 1.67. The Morgan fingerprint density at radius 2 is 2.16 bits per heavy atom. The zero-order valence-electron chi connectivity index (χ0n) is 14.6. The minimum absolute atomic E-state index is 0.0307. The van der Waals surface area contributed by atoms with E-state index in [1.807, 2.05) is 18.2 Å². The van der Waals surface area contributed by atoms with Crippen molar-refractivity contribution in [2.75, 3.05) is 25.0 Å². The van der Waals surface area contributed by atoms with Gasteiger partial charge >= 0.3 is 0 Å². The Morgan fingerprint density at radius 3 is 2.92 bits per heavy atom. The average molecular weight is 341 g/mol. The topological polar surface area (TPSA) is 71.3 Å². The molecule has 3 rings (SSSR count). The molecular weight excluding hydrogens is 318 g/mol. The Hall–Kier alpha value is -2.70. The van der Waals surface area contributed by atoms with Gasteiger partial charge in [0.25, 0.3) is 5.56 Å². The number of carbonyl (C=O) groups excluding carboxylic acids is 1. The second kappa shape index (κ2) is 7.46. The molecule has 0 saturated carbocycles. The molecule has 3 heterocycles. The SMILES string of the molecule is Cc1ccc(=O)n(CC(=O)N(C)[C@@H]2CCCN(c3ccccn3)C2)n1. The first-order valence-corrected chi connectivity index (χ1v) is 8.51. The summed E-state index contributed by atoms with van der Waals surface area (Å²) < 4.78 is 1.23. The van der Waals surface area contributed by atoms with E-state index in [0.29, 0.717) is 5.69 Å². The molecule has 7 heteroatoms. The number of aryl methyl sites for hydroxylation is 1. The quantitative estimate of drug-likeness (QED) is 0.832. The van der Waals surface area contributed by atoms with Crippen LogP contribution < -0.4 is 10.5 Å². The van der Waals surface area contributed by atoms with E-state index in [1.165, 1.54) is 10.7 Å². The highest BCUT2D eigenvalue weighted by atomic mass is 16.2. The number of pyridine rings is 1. The van der Waals surface area contributed by atoms with E-state index in [-0.39, 0.29) is 24.1 Å². The highest BCUT2D eigenvalue weighted by Gasteiger charge is 2.27. The number of likely N-dealkylation sites (N-methyl/N-ethyl adjacent to an activating group) is 1. The molecule has 0 aliphatic carbocycles. The summed E-state index contributed by atoms with van der Waals surface area (Å²) in [6, 6.07) is 9.05. The largest absolute Gasteiger partial charge is 0.355 e. The molecule has 2 aromatic heterocycles. The van der Waals surface area contributed by atoms with Crippen LogP contribution in [0.15, 0.2) is 41.3 Å². The number of carbonyl (C=O) groups is 1. The van der Waals surface area contributed by atoms with Crippen LogP contribution in [0.2, 0.25) is 0 Å². The fraction of sp³-hybridized carbons (Fsp3) is 0.444. The number of nitrogens with zero attached hydrogens (tertiary/aromatic N) is 5. The van der Waals surface area contributed by atoms with Crippen molar-refractivity contribution in [2.24, 2.45) is 0 Å². The van der Waals surface area contributed by atoms with Crippen LogP contribution in [-0.2, 0) is 11.3 Å². The van der Waals surface area contributed by atoms with Crippen LogP contribution >= 0.6 is 0 Å². The van der Waals surface area contributed by atoms with Crippen molar-refractivity contribution in [1.29, 1.82) is 0 Å². The molecule has 1 aliphatic heterocycles. The second-order valence-corrected chi connectivity index (χ2v) is 6.41. The van der Waals surface area contributed by atoms with Gasteiger partial charge in [-0.25, -0.2) is 9.67 Å². The lowest BCUT2D eigenvalue weighted by Gasteiger charge is -2.38. The van der Waals surface area contributed by atoms with Crippen LogP contribution in [-0.4, -0.2) is 51.8 Å². The van der Waals surface area contributed by atoms with Gasteiger partial charge in [0.1, 0.15) is 12.4 Å². The van der Waals surface area contributed by atoms with Gasteiger partial charge in [0.15, 0.2) is 0 Å². The molecule has 2 aromatic rings. The maximum absolute atomic E-state index is 12.6. The summed E-state index contributed by atoms with van der Waals surface area (Å²) in [5, 5.41) is 4.14. The third-order valence-electron chi connectivity index (χ3n) is 4.60. The van der Waals surface area contributed by atoms with Gasteiger partial charge in [-0.2, -0.15) is 5.10 Å². The highest BCUT2D eigenvalue weighted by Crippen LogP contribution is 2.20. The fourth-order valence-corrected chi connectivity index (χ4v) is 3.13. The first-order chi connectivity index (χ1) is 12.0. The van der Waals surface area contributed by atoms with Crippen LogP contribution in [0.3, 0.4) is 0 Å². The summed E-state index contributed by atoms with van der Waals surface area (Å²) in [6.45, 7) is 3.46. The zero-order chi connectivity index (χ0) is 17.8. The second-order valence-electron chi connectivity index (χ2n) is 6.41. The van der Waals surface area contributed by atoms with Gasteiger partial charge in [0.2, 0.25) is 5.91 Å². The summed E-state index contributed by atoms with van der Waals surface area (Å²) in [5.41, 5.74) is 0.458. The van der Waals surface area contributed by atoms with E-state index < -0.39 is 0 Å². The van der Waals surface area contributed by atoms with Crippen LogP contribution in [0.4, 0.5) is 5.82 Å². The van der Waals surface area contributed by atoms with Gasteiger partial charge in [-0.1, -0.05) is 6.07 Å². The number of aromatic nitrogens is 3. The van der Waals surface area contributed by atoms with Gasteiger partial charge in [-0.3, -0.25) is 9.59 Å². The summed E-state index contributed by atoms with van der Waals surface area (Å²) in [7, 11) is 1.80. The van der Waals surface area contributed by atoms with E-state index in [4.69, 9.17) is 0 Å². The molecule has 7 nitrogen and oxygen atoms in total. The summed E-state index contributed by atoms with van der Waals surface area (Å²) in [4.78, 5) is 32.8. The first-order valence-electron chi connectivity index (χ1n) is 8.51. The van der Waals surface area contributed by atoms with Crippen molar-refractivity contribution in [1.82, 2.24) is 19.7 Å². The van der Waals surface area contributed by atoms with Crippen molar-refractivity contribution in [3.8, 4) is 0 Å². The average Bonchev–Trinajstić information content (AvgIpc) is 2.65. The summed E-state index contributed by atoms with van der Waals surface area (Å²) in [5.74, 6) is 0.831. The molecule has 0 radical (unpaired) electrons. The number of hydrogen-bond donors (Lipinski definition) is 0. The van der Waals surface area contributed by atoms with E-state index in [1.54, 1.807) is 31.1 Å².